The van der Waals surface area contributed by atoms with Crippen LogP contribution in [0.15, 0.2) is 78.9 Å². The molecule has 3 rings (SSSR count). The molecule has 6 heteroatoms. The molecule has 0 bridgehead atoms. The third kappa shape index (κ3) is 4.99. The van der Waals surface area contributed by atoms with Crippen LogP contribution in [-0.2, 0) is 9.59 Å². The Bertz CT molecular complexity index is 1020. The monoisotopic (exact) mass is 392 g/mol. The van der Waals surface area contributed by atoms with Crippen molar-refractivity contribution in [2.45, 2.75) is 13.8 Å². The summed E-state index contributed by atoms with van der Waals surface area (Å²) in [5, 5.41) is 5.32. The molecule has 29 heavy (non-hydrogen) atoms. The van der Waals surface area contributed by atoms with E-state index in [1.807, 2.05) is 18.2 Å². The first-order chi connectivity index (χ1) is 13.9. The van der Waals surface area contributed by atoms with Crippen molar-refractivity contribution in [1.82, 2.24) is 0 Å². The van der Waals surface area contributed by atoms with Gasteiger partial charge in [-0.3, -0.25) is 9.59 Å². The molecule has 0 saturated heterocycles. The Morgan fingerprint density at radius 1 is 0.828 bits per heavy atom. The fourth-order valence-electron chi connectivity index (χ4n) is 2.51. The van der Waals surface area contributed by atoms with Crippen LogP contribution in [0.4, 0.5) is 15.8 Å². The molecular weight excluding hydrogens is 371 g/mol. The van der Waals surface area contributed by atoms with E-state index in [0.717, 1.165) is 0 Å². The van der Waals surface area contributed by atoms with Crippen LogP contribution in [0.1, 0.15) is 13.8 Å². The normalized spacial score (nSPS) is 10.9. The van der Waals surface area contributed by atoms with Crippen LogP contribution < -0.4 is 15.4 Å². The van der Waals surface area contributed by atoms with Gasteiger partial charge in [-0.25, -0.2) is 4.39 Å². The fraction of sp³-hybridized carbons (Fsp3) is 0.130. The Balaban J connectivity index is 1.74. The summed E-state index contributed by atoms with van der Waals surface area (Å²) in [7, 11) is 0. The van der Waals surface area contributed by atoms with Crippen LogP contribution in [0.3, 0.4) is 0 Å². The summed E-state index contributed by atoms with van der Waals surface area (Å²) in [6, 6.07) is 21.6. The van der Waals surface area contributed by atoms with Gasteiger partial charge in [0.1, 0.15) is 17.0 Å². The minimum absolute atomic E-state index is 0.281. The molecule has 0 atom stereocenters. The topological polar surface area (TPSA) is 67.4 Å². The van der Waals surface area contributed by atoms with Crippen molar-refractivity contribution in [1.29, 1.82) is 0 Å². The number of anilines is 2. The Morgan fingerprint density at radius 2 is 1.48 bits per heavy atom. The first-order valence-corrected chi connectivity index (χ1v) is 9.06. The molecule has 2 N–H and O–H groups in total. The standard InChI is InChI=1S/C23H21FN2O3/c1-23(2,21(27)25-17-10-8-9-16(24)15-17)22(28)26-19-13-6-7-14-20(19)29-18-11-4-3-5-12-18/h3-15H,1-2H3,(H,25,27)(H,26,28). The van der Waals surface area contributed by atoms with Crippen LogP contribution in [0.2, 0.25) is 0 Å². The maximum absolute atomic E-state index is 13.3. The molecule has 0 saturated carbocycles. The van der Waals surface area contributed by atoms with E-state index in [1.54, 1.807) is 42.5 Å². The van der Waals surface area contributed by atoms with E-state index < -0.39 is 23.0 Å². The third-order valence-corrected chi connectivity index (χ3v) is 4.32. The van der Waals surface area contributed by atoms with Crippen molar-refractivity contribution in [2.75, 3.05) is 10.6 Å². The van der Waals surface area contributed by atoms with E-state index in [2.05, 4.69) is 10.6 Å². The minimum atomic E-state index is -1.41. The molecule has 0 aliphatic carbocycles. The predicted octanol–water partition coefficient (Wildman–Crippen LogP) is 5.22. The van der Waals surface area contributed by atoms with Gasteiger partial charge in [-0.15, -0.1) is 0 Å². The number of ether oxygens (including phenoxy) is 1. The number of rotatable bonds is 6. The lowest BCUT2D eigenvalue weighted by Gasteiger charge is -2.23. The van der Waals surface area contributed by atoms with Gasteiger partial charge in [-0.2, -0.15) is 0 Å². The molecule has 0 aliphatic rings. The molecule has 3 aromatic carbocycles. The largest absolute Gasteiger partial charge is 0.455 e. The average Bonchev–Trinajstić information content (AvgIpc) is 2.70. The smallest absolute Gasteiger partial charge is 0.239 e. The zero-order valence-corrected chi connectivity index (χ0v) is 16.1. The molecule has 148 valence electrons. The third-order valence-electron chi connectivity index (χ3n) is 4.32. The second-order valence-electron chi connectivity index (χ2n) is 6.95. The summed E-state index contributed by atoms with van der Waals surface area (Å²) >= 11 is 0. The van der Waals surface area contributed by atoms with Gasteiger partial charge in [0.15, 0.2) is 5.75 Å². The van der Waals surface area contributed by atoms with E-state index in [4.69, 9.17) is 4.74 Å². The van der Waals surface area contributed by atoms with Crippen molar-refractivity contribution in [3.8, 4) is 11.5 Å². The maximum atomic E-state index is 13.3. The molecule has 0 unspecified atom stereocenters. The minimum Gasteiger partial charge on any atom is -0.455 e. The Hall–Kier alpha value is -3.67. The molecule has 3 aromatic rings. The lowest BCUT2D eigenvalue weighted by Crippen LogP contribution is -2.41. The van der Waals surface area contributed by atoms with E-state index >= 15 is 0 Å². The predicted molar refractivity (Wildman–Crippen MR) is 110 cm³/mol. The van der Waals surface area contributed by atoms with Gasteiger partial charge >= 0.3 is 0 Å². The van der Waals surface area contributed by atoms with E-state index in [1.165, 1.54) is 32.0 Å². The van der Waals surface area contributed by atoms with E-state index in [9.17, 15) is 14.0 Å². The summed E-state index contributed by atoms with van der Waals surface area (Å²) in [5.74, 6) is -0.472. The number of amides is 2. The molecule has 0 fully saturated rings. The highest BCUT2D eigenvalue weighted by Crippen LogP contribution is 2.31. The van der Waals surface area contributed by atoms with Crippen LogP contribution in [0, 0.1) is 11.2 Å². The highest BCUT2D eigenvalue weighted by Gasteiger charge is 2.36. The molecule has 0 aliphatic heterocycles. The summed E-state index contributed by atoms with van der Waals surface area (Å²) in [4.78, 5) is 25.5. The first-order valence-electron chi connectivity index (χ1n) is 9.06. The van der Waals surface area contributed by atoms with Crippen LogP contribution in [0.25, 0.3) is 0 Å². The van der Waals surface area contributed by atoms with Crippen molar-refractivity contribution >= 4 is 23.2 Å². The number of carbonyl (C=O) groups excluding carboxylic acids is 2. The lowest BCUT2D eigenvalue weighted by molar-refractivity contribution is -0.135. The van der Waals surface area contributed by atoms with Gasteiger partial charge in [0, 0.05) is 5.69 Å². The van der Waals surface area contributed by atoms with Crippen molar-refractivity contribution in [3.63, 3.8) is 0 Å². The maximum Gasteiger partial charge on any atom is 0.239 e. The molecular formula is C23H21FN2O3. The van der Waals surface area contributed by atoms with Crippen molar-refractivity contribution in [3.05, 3.63) is 84.7 Å². The van der Waals surface area contributed by atoms with Crippen molar-refractivity contribution in [2.24, 2.45) is 5.41 Å². The fourth-order valence-corrected chi connectivity index (χ4v) is 2.51. The zero-order valence-electron chi connectivity index (χ0n) is 16.1. The number of nitrogens with one attached hydrogen (secondary N) is 2. The SMILES string of the molecule is CC(C)(C(=O)Nc1cccc(F)c1)C(=O)Nc1ccccc1Oc1ccccc1. The number of hydrogen-bond donors (Lipinski definition) is 2. The number of para-hydroxylation sites is 3. The molecule has 5 nitrogen and oxygen atoms in total. The number of hydrogen-bond acceptors (Lipinski definition) is 3. The molecule has 2 amide bonds. The highest BCUT2D eigenvalue weighted by atomic mass is 19.1. The zero-order chi connectivity index (χ0) is 20.9. The second-order valence-corrected chi connectivity index (χ2v) is 6.95. The Morgan fingerprint density at radius 3 is 2.21 bits per heavy atom. The Labute approximate surface area is 168 Å². The van der Waals surface area contributed by atoms with Gasteiger partial charge < -0.3 is 15.4 Å². The van der Waals surface area contributed by atoms with E-state index in [0.29, 0.717) is 17.2 Å². The van der Waals surface area contributed by atoms with Gasteiger partial charge in [0.2, 0.25) is 11.8 Å². The summed E-state index contributed by atoms with van der Waals surface area (Å²) in [6.45, 7) is 3.00. The number of benzene rings is 3. The Kier molecular flexibility index (Phi) is 5.93. The molecule has 0 aromatic heterocycles. The number of carbonyl (C=O) groups is 2. The van der Waals surface area contributed by atoms with Crippen LogP contribution in [-0.4, -0.2) is 11.8 Å². The van der Waals surface area contributed by atoms with Crippen LogP contribution >= 0.6 is 0 Å². The summed E-state index contributed by atoms with van der Waals surface area (Å²) in [5.41, 5.74) is -0.691. The molecule has 0 radical (unpaired) electrons. The summed E-state index contributed by atoms with van der Waals surface area (Å²) < 4.78 is 19.2. The number of halogens is 1. The van der Waals surface area contributed by atoms with Crippen molar-refractivity contribution < 1.29 is 18.7 Å². The molecule has 0 spiro atoms. The molecule has 0 heterocycles. The summed E-state index contributed by atoms with van der Waals surface area (Å²) in [6.07, 6.45) is 0. The second kappa shape index (κ2) is 8.56. The quantitative estimate of drug-likeness (QED) is 0.565. The van der Waals surface area contributed by atoms with Crippen LogP contribution in [0.5, 0.6) is 11.5 Å². The van der Waals surface area contributed by atoms with Gasteiger partial charge in [0.25, 0.3) is 0 Å². The van der Waals surface area contributed by atoms with Gasteiger partial charge in [-0.05, 0) is 56.3 Å². The van der Waals surface area contributed by atoms with Gasteiger partial charge in [0.05, 0.1) is 5.69 Å². The lowest BCUT2D eigenvalue weighted by atomic mass is 9.90. The average molecular weight is 392 g/mol. The first kappa shape index (κ1) is 20.1. The van der Waals surface area contributed by atoms with E-state index in [-0.39, 0.29) is 5.69 Å². The highest BCUT2D eigenvalue weighted by molar-refractivity contribution is 6.14. The van der Waals surface area contributed by atoms with Gasteiger partial charge in [-0.1, -0.05) is 36.4 Å².